The standard InChI is InChI=1S/C25H33FN2O2/c1-4-8-24(29-2)22(20-9-6-5-7-10-20)13-14-27-15-17-28(18-16-27)23-12-11-21(26)19-25(23)30-3/h4-12,19,22,24H,13-18H2,1-3H3/b8-4-. The van der Waals surface area contributed by atoms with E-state index in [-0.39, 0.29) is 11.9 Å². The summed E-state index contributed by atoms with van der Waals surface area (Å²) in [5.74, 6) is 0.652. The molecule has 5 heteroatoms. The summed E-state index contributed by atoms with van der Waals surface area (Å²) in [5, 5.41) is 0. The molecule has 0 aliphatic carbocycles. The number of piperazine rings is 1. The molecule has 0 spiro atoms. The van der Waals surface area contributed by atoms with E-state index in [0.717, 1.165) is 44.8 Å². The van der Waals surface area contributed by atoms with Gasteiger partial charge in [-0.1, -0.05) is 42.5 Å². The summed E-state index contributed by atoms with van der Waals surface area (Å²) in [4.78, 5) is 4.78. The SMILES string of the molecule is C/C=C\C(OC)C(CCN1CCN(c2ccc(F)cc2OC)CC1)c1ccccc1. The average molecular weight is 413 g/mol. The predicted octanol–water partition coefficient (Wildman–Crippen LogP) is 4.72. The summed E-state index contributed by atoms with van der Waals surface area (Å²) in [7, 11) is 3.38. The summed E-state index contributed by atoms with van der Waals surface area (Å²) < 4.78 is 24.7. The van der Waals surface area contributed by atoms with Crippen LogP contribution in [-0.2, 0) is 4.74 Å². The summed E-state index contributed by atoms with van der Waals surface area (Å²) >= 11 is 0. The van der Waals surface area contributed by atoms with Crippen LogP contribution in [0.4, 0.5) is 10.1 Å². The molecule has 0 aromatic heterocycles. The van der Waals surface area contributed by atoms with Crippen molar-refractivity contribution in [2.75, 3.05) is 51.8 Å². The monoisotopic (exact) mass is 412 g/mol. The number of allylic oxidation sites excluding steroid dienone is 1. The number of halogens is 1. The van der Waals surface area contributed by atoms with E-state index in [4.69, 9.17) is 9.47 Å². The quantitative estimate of drug-likeness (QED) is 0.557. The first kappa shape index (κ1) is 22.3. The summed E-state index contributed by atoms with van der Waals surface area (Å²) in [6.07, 6.45) is 5.32. The minimum atomic E-state index is -0.269. The number of ether oxygens (including phenoxy) is 2. The summed E-state index contributed by atoms with van der Waals surface area (Å²) in [6, 6.07) is 15.4. The lowest BCUT2D eigenvalue weighted by atomic mass is 9.89. The molecule has 2 unspecified atom stereocenters. The van der Waals surface area contributed by atoms with E-state index >= 15 is 0 Å². The molecule has 1 aliphatic heterocycles. The van der Waals surface area contributed by atoms with Gasteiger partial charge in [0.25, 0.3) is 0 Å². The van der Waals surface area contributed by atoms with Crippen molar-refractivity contribution in [1.29, 1.82) is 0 Å². The van der Waals surface area contributed by atoms with Gasteiger partial charge in [-0.2, -0.15) is 0 Å². The number of anilines is 1. The molecule has 0 amide bonds. The Morgan fingerprint density at radius 3 is 2.40 bits per heavy atom. The molecular formula is C25H33FN2O2. The van der Waals surface area contributed by atoms with E-state index in [9.17, 15) is 4.39 Å². The van der Waals surface area contributed by atoms with Crippen molar-refractivity contribution in [3.8, 4) is 5.75 Å². The number of nitrogens with zero attached hydrogens (tertiary/aromatic N) is 2. The highest BCUT2D eigenvalue weighted by Gasteiger charge is 2.24. The van der Waals surface area contributed by atoms with Crippen molar-refractivity contribution in [3.63, 3.8) is 0 Å². The molecule has 1 saturated heterocycles. The van der Waals surface area contributed by atoms with Gasteiger partial charge in [0.15, 0.2) is 0 Å². The number of methoxy groups -OCH3 is 2. The minimum absolute atomic E-state index is 0.0714. The average Bonchev–Trinajstić information content (AvgIpc) is 2.79. The van der Waals surface area contributed by atoms with E-state index in [1.165, 1.54) is 17.7 Å². The topological polar surface area (TPSA) is 24.9 Å². The van der Waals surface area contributed by atoms with E-state index in [2.05, 4.69) is 52.3 Å². The molecule has 3 rings (SSSR count). The second-order valence-electron chi connectivity index (χ2n) is 7.68. The third kappa shape index (κ3) is 5.61. The first-order chi connectivity index (χ1) is 14.7. The zero-order valence-corrected chi connectivity index (χ0v) is 18.3. The second kappa shape index (κ2) is 11.1. The Kier molecular flexibility index (Phi) is 8.29. The molecule has 1 aliphatic rings. The smallest absolute Gasteiger partial charge is 0.145 e. The third-order valence-electron chi connectivity index (χ3n) is 5.89. The van der Waals surface area contributed by atoms with Gasteiger partial charge in [0.05, 0.1) is 18.9 Å². The molecular weight excluding hydrogens is 379 g/mol. The zero-order chi connectivity index (χ0) is 21.3. The van der Waals surface area contributed by atoms with Gasteiger partial charge in [-0.15, -0.1) is 0 Å². The summed E-state index contributed by atoms with van der Waals surface area (Å²) in [6.45, 7) is 6.82. The maximum atomic E-state index is 13.5. The molecule has 30 heavy (non-hydrogen) atoms. The van der Waals surface area contributed by atoms with Crippen molar-refractivity contribution in [3.05, 3.63) is 72.1 Å². The molecule has 0 radical (unpaired) electrons. The first-order valence-corrected chi connectivity index (χ1v) is 10.7. The van der Waals surface area contributed by atoms with Crippen LogP contribution in [0.5, 0.6) is 5.75 Å². The van der Waals surface area contributed by atoms with Crippen LogP contribution in [-0.4, -0.2) is 57.9 Å². The molecule has 4 nitrogen and oxygen atoms in total. The van der Waals surface area contributed by atoms with E-state index in [1.54, 1.807) is 14.2 Å². The minimum Gasteiger partial charge on any atom is -0.494 e. The summed E-state index contributed by atoms with van der Waals surface area (Å²) in [5.41, 5.74) is 2.28. The van der Waals surface area contributed by atoms with Gasteiger partial charge in [-0.25, -0.2) is 4.39 Å². The highest BCUT2D eigenvalue weighted by atomic mass is 19.1. The van der Waals surface area contributed by atoms with E-state index in [1.807, 2.05) is 13.0 Å². The Hall–Kier alpha value is -2.37. The highest BCUT2D eigenvalue weighted by molar-refractivity contribution is 5.59. The zero-order valence-electron chi connectivity index (χ0n) is 18.3. The molecule has 162 valence electrons. The fraction of sp³-hybridized carbons (Fsp3) is 0.440. The van der Waals surface area contributed by atoms with Crippen LogP contribution in [0.25, 0.3) is 0 Å². The largest absolute Gasteiger partial charge is 0.494 e. The Bertz CT molecular complexity index is 804. The maximum absolute atomic E-state index is 13.5. The lowest BCUT2D eigenvalue weighted by molar-refractivity contribution is 0.107. The van der Waals surface area contributed by atoms with Gasteiger partial charge in [-0.05, 0) is 37.6 Å². The lowest BCUT2D eigenvalue weighted by Gasteiger charge is -2.37. The molecule has 2 aromatic rings. The van der Waals surface area contributed by atoms with Crippen molar-refractivity contribution < 1.29 is 13.9 Å². The molecule has 2 aromatic carbocycles. The Morgan fingerprint density at radius 2 is 1.77 bits per heavy atom. The van der Waals surface area contributed by atoms with Crippen molar-refractivity contribution in [1.82, 2.24) is 4.90 Å². The second-order valence-corrected chi connectivity index (χ2v) is 7.68. The van der Waals surface area contributed by atoms with Gasteiger partial charge in [0.2, 0.25) is 0 Å². The maximum Gasteiger partial charge on any atom is 0.145 e. The molecule has 0 saturated carbocycles. The van der Waals surface area contributed by atoms with Crippen molar-refractivity contribution in [2.45, 2.75) is 25.4 Å². The Labute approximate surface area is 179 Å². The van der Waals surface area contributed by atoms with Gasteiger partial charge in [0, 0.05) is 45.3 Å². The van der Waals surface area contributed by atoms with Gasteiger partial charge >= 0.3 is 0 Å². The molecule has 0 bridgehead atoms. The fourth-order valence-electron chi connectivity index (χ4n) is 4.23. The molecule has 1 heterocycles. The van der Waals surface area contributed by atoms with Gasteiger partial charge in [0.1, 0.15) is 11.6 Å². The number of hydrogen-bond acceptors (Lipinski definition) is 4. The van der Waals surface area contributed by atoms with Crippen LogP contribution in [0.3, 0.4) is 0 Å². The van der Waals surface area contributed by atoms with Crippen LogP contribution < -0.4 is 9.64 Å². The molecule has 2 atom stereocenters. The van der Waals surface area contributed by atoms with Crippen LogP contribution in [0, 0.1) is 5.82 Å². The number of rotatable bonds is 9. The Morgan fingerprint density at radius 1 is 1.03 bits per heavy atom. The first-order valence-electron chi connectivity index (χ1n) is 10.7. The van der Waals surface area contributed by atoms with Crippen LogP contribution >= 0.6 is 0 Å². The number of benzene rings is 2. The van der Waals surface area contributed by atoms with Crippen molar-refractivity contribution in [2.24, 2.45) is 0 Å². The third-order valence-corrected chi connectivity index (χ3v) is 5.89. The van der Waals surface area contributed by atoms with E-state index in [0.29, 0.717) is 11.7 Å². The lowest BCUT2D eigenvalue weighted by Crippen LogP contribution is -2.47. The normalized spacial score (nSPS) is 17.3. The molecule has 1 fully saturated rings. The van der Waals surface area contributed by atoms with Crippen LogP contribution in [0.15, 0.2) is 60.7 Å². The van der Waals surface area contributed by atoms with Crippen LogP contribution in [0.1, 0.15) is 24.8 Å². The van der Waals surface area contributed by atoms with Crippen molar-refractivity contribution >= 4 is 5.69 Å². The Balaban J connectivity index is 1.60. The number of hydrogen-bond donors (Lipinski definition) is 0. The van der Waals surface area contributed by atoms with E-state index < -0.39 is 0 Å². The fourth-order valence-corrected chi connectivity index (χ4v) is 4.23. The predicted molar refractivity (Wildman–Crippen MR) is 121 cm³/mol. The molecule has 0 N–H and O–H groups in total. The van der Waals surface area contributed by atoms with Gasteiger partial charge in [-0.3, -0.25) is 4.90 Å². The van der Waals surface area contributed by atoms with Gasteiger partial charge < -0.3 is 14.4 Å². The highest BCUT2D eigenvalue weighted by Crippen LogP contribution is 2.30. The van der Waals surface area contributed by atoms with Crippen LogP contribution in [0.2, 0.25) is 0 Å².